The fraction of sp³-hybridized carbons (Fsp3) is 0.909. The molecule has 1 atom stereocenters. The van der Waals surface area contributed by atoms with Gasteiger partial charge in [-0.05, 0) is 25.2 Å². The summed E-state index contributed by atoms with van der Waals surface area (Å²) >= 11 is 0. The SMILES string of the molecule is COCCCNC(=O)CNCC(O)C1CC1. The number of amides is 1. The van der Waals surface area contributed by atoms with Gasteiger partial charge in [0.1, 0.15) is 0 Å². The van der Waals surface area contributed by atoms with Crippen molar-refractivity contribution < 1.29 is 14.6 Å². The molecular weight excluding hydrogens is 208 g/mol. The molecule has 94 valence electrons. The molecule has 16 heavy (non-hydrogen) atoms. The topological polar surface area (TPSA) is 70.6 Å². The van der Waals surface area contributed by atoms with Gasteiger partial charge in [0.2, 0.25) is 5.91 Å². The number of methoxy groups -OCH3 is 1. The number of hydrogen-bond donors (Lipinski definition) is 3. The molecule has 3 N–H and O–H groups in total. The molecule has 0 bridgehead atoms. The Kier molecular flexibility index (Phi) is 6.37. The fourth-order valence-electron chi connectivity index (χ4n) is 1.49. The summed E-state index contributed by atoms with van der Waals surface area (Å²) in [6.45, 7) is 2.08. The lowest BCUT2D eigenvalue weighted by Crippen LogP contribution is -2.38. The summed E-state index contributed by atoms with van der Waals surface area (Å²) in [6.07, 6.45) is 2.77. The minimum Gasteiger partial charge on any atom is -0.392 e. The quantitative estimate of drug-likeness (QED) is 0.467. The average Bonchev–Trinajstić information content (AvgIpc) is 3.08. The lowest BCUT2D eigenvalue weighted by atomic mass is 10.2. The van der Waals surface area contributed by atoms with Crippen LogP contribution < -0.4 is 10.6 Å². The highest BCUT2D eigenvalue weighted by Crippen LogP contribution is 2.32. The van der Waals surface area contributed by atoms with Crippen molar-refractivity contribution in [3.63, 3.8) is 0 Å². The number of carbonyl (C=O) groups is 1. The zero-order chi connectivity index (χ0) is 11.8. The summed E-state index contributed by atoms with van der Waals surface area (Å²) in [6, 6.07) is 0. The van der Waals surface area contributed by atoms with Gasteiger partial charge in [0.05, 0.1) is 12.6 Å². The third-order valence-electron chi connectivity index (χ3n) is 2.65. The van der Waals surface area contributed by atoms with E-state index in [4.69, 9.17) is 4.74 Å². The molecule has 1 unspecified atom stereocenters. The van der Waals surface area contributed by atoms with Crippen molar-refractivity contribution >= 4 is 5.91 Å². The van der Waals surface area contributed by atoms with Crippen molar-refractivity contribution in [3.8, 4) is 0 Å². The number of aliphatic hydroxyl groups excluding tert-OH is 1. The normalized spacial score (nSPS) is 17.1. The smallest absolute Gasteiger partial charge is 0.233 e. The summed E-state index contributed by atoms with van der Waals surface area (Å²) < 4.78 is 4.87. The minimum absolute atomic E-state index is 0.0286. The third kappa shape index (κ3) is 6.05. The fourth-order valence-corrected chi connectivity index (χ4v) is 1.49. The number of aliphatic hydroxyl groups is 1. The molecule has 1 rings (SSSR count). The van der Waals surface area contributed by atoms with Gasteiger partial charge in [-0.2, -0.15) is 0 Å². The van der Waals surface area contributed by atoms with E-state index in [0.29, 0.717) is 25.6 Å². The number of carbonyl (C=O) groups excluding carboxylic acids is 1. The van der Waals surface area contributed by atoms with Crippen LogP contribution in [0.2, 0.25) is 0 Å². The van der Waals surface area contributed by atoms with E-state index in [1.54, 1.807) is 7.11 Å². The first-order valence-electron chi connectivity index (χ1n) is 5.88. The summed E-state index contributed by atoms with van der Waals surface area (Å²) in [5, 5.41) is 15.3. The molecule has 0 aromatic carbocycles. The van der Waals surface area contributed by atoms with E-state index in [1.807, 2.05) is 0 Å². The average molecular weight is 230 g/mol. The molecular formula is C11H22N2O3. The van der Waals surface area contributed by atoms with Crippen molar-refractivity contribution in [1.29, 1.82) is 0 Å². The van der Waals surface area contributed by atoms with Gasteiger partial charge >= 0.3 is 0 Å². The molecule has 1 amide bonds. The van der Waals surface area contributed by atoms with Crippen LogP contribution in [0.3, 0.4) is 0 Å². The van der Waals surface area contributed by atoms with Gasteiger partial charge in [-0.25, -0.2) is 0 Å². The molecule has 0 radical (unpaired) electrons. The van der Waals surface area contributed by atoms with Crippen molar-refractivity contribution in [1.82, 2.24) is 10.6 Å². The second-order valence-corrected chi connectivity index (χ2v) is 4.23. The van der Waals surface area contributed by atoms with Crippen LogP contribution in [0.15, 0.2) is 0 Å². The Morgan fingerprint density at radius 3 is 2.94 bits per heavy atom. The molecule has 0 aliphatic heterocycles. The Labute approximate surface area is 96.6 Å². The molecule has 0 aromatic heterocycles. The predicted octanol–water partition coefficient (Wildman–Crippen LogP) is -0.500. The number of hydrogen-bond acceptors (Lipinski definition) is 4. The number of rotatable bonds is 9. The van der Waals surface area contributed by atoms with E-state index in [-0.39, 0.29) is 18.6 Å². The van der Waals surface area contributed by atoms with E-state index < -0.39 is 0 Å². The molecule has 0 saturated heterocycles. The molecule has 5 nitrogen and oxygen atoms in total. The minimum atomic E-state index is -0.290. The highest BCUT2D eigenvalue weighted by Gasteiger charge is 2.29. The van der Waals surface area contributed by atoms with Crippen LogP contribution in [0.25, 0.3) is 0 Å². The van der Waals surface area contributed by atoms with Crippen LogP contribution in [-0.4, -0.2) is 50.5 Å². The third-order valence-corrected chi connectivity index (χ3v) is 2.65. The standard InChI is InChI=1S/C11H22N2O3/c1-16-6-2-5-13-11(15)8-12-7-10(14)9-3-4-9/h9-10,12,14H,2-8H2,1H3,(H,13,15). The van der Waals surface area contributed by atoms with Gasteiger partial charge < -0.3 is 20.5 Å². The monoisotopic (exact) mass is 230 g/mol. The molecule has 1 saturated carbocycles. The van der Waals surface area contributed by atoms with Crippen molar-refractivity contribution in [2.45, 2.75) is 25.4 Å². The molecule has 0 heterocycles. The predicted molar refractivity (Wildman–Crippen MR) is 61.1 cm³/mol. The van der Waals surface area contributed by atoms with Gasteiger partial charge in [0.15, 0.2) is 0 Å². The van der Waals surface area contributed by atoms with Gasteiger partial charge in [-0.1, -0.05) is 0 Å². The second kappa shape index (κ2) is 7.60. The zero-order valence-corrected chi connectivity index (χ0v) is 9.87. The van der Waals surface area contributed by atoms with Crippen molar-refractivity contribution in [2.24, 2.45) is 5.92 Å². The second-order valence-electron chi connectivity index (χ2n) is 4.23. The molecule has 0 aromatic rings. The van der Waals surface area contributed by atoms with Crippen LogP contribution in [0.5, 0.6) is 0 Å². The summed E-state index contributed by atoms with van der Waals surface area (Å²) in [4.78, 5) is 11.3. The number of nitrogens with one attached hydrogen (secondary N) is 2. The highest BCUT2D eigenvalue weighted by molar-refractivity contribution is 5.77. The maximum Gasteiger partial charge on any atom is 0.233 e. The van der Waals surface area contributed by atoms with Crippen LogP contribution in [0.1, 0.15) is 19.3 Å². The molecule has 1 aliphatic carbocycles. The van der Waals surface area contributed by atoms with Crippen molar-refractivity contribution in [3.05, 3.63) is 0 Å². The maximum absolute atomic E-state index is 11.3. The first-order chi connectivity index (χ1) is 7.74. The Balaban J connectivity index is 1.89. The summed E-state index contributed by atoms with van der Waals surface area (Å²) in [5.41, 5.74) is 0. The summed E-state index contributed by atoms with van der Waals surface area (Å²) in [5.74, 6) is 0.427. The van der Waals surface area contributed by atoms with E-state index in [2.05, 4.69) is 10.6 Å². The molecule has 1 aliphatic rings. The lowest BCUT2D eigenvalue weighted by Gasteiger charge is -2.10. The Bertz CT molecular complexity index is 207. The van der Waals surface area contributed by atoms with E-state index >= 15 is 0 Å². The maximum atomic E-state index is 11.3. The molecule has 0 spiro atoms. The Morgan fingerprint density at radius 1 is 1.56 bits per heavy atom. The highest BCUT2D eigenvalue weighted by atomic mass is 16.5. The molecule has 1 fully saturated rings. The Hall–Kier alpha value is -0.650. The first kappa shape index (κ1) is 13.4. The van der Waals surface area contributed by atoms with Gasteiger partial charge in [0.25, 0.3) is 0 Å². The van der Waals surface area contributed by atoms with Gasteiger partial charge in [0, 0.05) is 26.8 Å². The van der Waals surface area contributed by atoms with Gasteiger partial charge in [-0.15, -0.1) is 0 Å². The van der Waals surface area contributed by atoms with Crippen molar-refractivity contribution in [2.75, 3.05) is 33.4 Å². The van der Waals surface area contributed by atoms with Crippen LogP contribution >= 0.6 is 0 Å². The summed E-state index contributed by atoms with van der Waals surface area (Å²) in [7, 11) is 1.64. The largest absolute Gasteiger partial charge is 0.392 e. The Morgan fingerprint density at radius 2 is 2.31 bits per heavy atom. The molecule has 5 heteroatoms. The number of ether oxygens (including phenoxy) is 1. The van der Waals surface area contributed by atoms with Crippen LogP contribution in [0, 0.1) is 5.92 Å². The zero-order valence-electron chi connectivity index (χ0n) is 9.87. The van der Waals surface area contributed by atoms with Crippen LogP contribution in [0.4, 0.5) is 0 Å². The van der Waals surface area contributed by atoms with Crippen LogP contribution in [-0.2, 0) is 9.53 Å². The lowest BCUT2D eigenvalue weighted by molar-refractivity contribution is -0.120. The van der Waals surface area contributed by atoms with Gasteiger partial charge in [-0.3, -0.25) is 4.79 Å². The first-order valence-corrected chi connectivity index (χ1v) is 5.88. The van der Waals surface area contributed by atoms with E-state index in [1.165, 1.54) is 0 Å². The van der Waals surface area contributed by atoms with E-state index in [0.717, 1.165) is 19.3 Å². The van der Waals surface area contributed by atoms with E-state index in [9.17, 15) is 9.90 Å².